The van der Waals surface area contributed by atoms with Gasteiger partial charge >= 0.3 is 11.9 Å². The van der Waals surface area contributed by atoms with E-state index in [1.807, 2.05) is 0 Å². The molecule has 0 saturated heterocycles. The van der Waals surface area contributed by atoms with E-state index in [9.17, 15) is 14.7 Å². The molecule has 1 aromatic carbocycles. The van der Waals surface area contributed by atoms with Crippen molar-refractivity contribution in [3.8, 4) is 11.6 Å². The molecule has 0 aliphatic carbocycles. The van der Waals surface area contributed by atoms with Crippen LogP contribution in [0.2, 0.25) is 0 Å². The zero-order chi connectivity index (χ0) is 21.8. The fraction of sp³-hybridized carbons (Fsp3) is 0.300. The summed E-state index contributed by atoms with van der Waals surface area (Å²) >= 11 is 6.49. The van der Waals surface area contributed by atoms with Crippen molar-refractivity contribution >= 4 is 58.5 Å². The van der Waals surface area contributed by atoms with Gasteiger partial charge in [0.2, 0.25) is 5.88 Å². The quantitative estimate of drug-likeness (QED) is 0.463. The van der Waals surface area contributed by atoms with Crippen LogP contribution in [0.5, 0.6) is 11.6 Å². The summed E-state index contributed by atoms with van der Waals surface area (Å²) in [5.41, 5.74) is 1.89. The summed E-state index contributed by atoms with van der Waals surface area (Å²) in [6, 6.07) is 5.25. The van der Waals surface area contributed by atoms with Crippen molar-refractivity contribution < 1.29 is 29.3 Å². The molecule has 0 spiro atoms. The van der Waals surface area contributed by atoms with E-state index in [0.717, 1.165) is 11.3 Å². The van der Waals surface area contributed by atoms with Gasteiger partial charge in [0.25, 0.3) is 0 Å². The van der Waals surface area contributed by atoms with Crippen molar-refractivity contribution in [1.29, 1.82) is 0 Å². The molecular formula is C20H20N2O6S2. The first-order valence-electron chi connectivity index (χ1n) is 9.16. The van der Waals surface area contributed by atoms with Crippen molar-refractivity contribution in [2.24, 2.45) is 4.99 Å². The van der Waals surface area contributed by atoms with E-state index in [1.165, 1.54) is 4.57 Å². The number of carboxylic acids is 1. The van der Waals surface area contributed by atoms with Crippen molar-refractivity contribution in [2.45, 2.75) is 26.3 Å². The Morgan fingerprint density at radius 3 is 2.80 bits per heavy atom. The number of aliphatic imine (C=N–C) groups is 1. The zero-order valence-corrected chi connectivity index (χ0v) is 18.0. The second-order valence-electron chi connectivity index (χ2n) is 6.33. The van der Waals surface area contributed by atoms with Crippen molar-refractivity contribution in [3.05, 3.63) is 32.6 Å². The Labute approximate surface area is 181 Å². The number of thiazole rings is 1. The lowest BCUT2D eigenvalue weighted by Crippen LogP contribution is -2.16. The SMILES string of the molecule is CCOC(=O)C1=Nc2ccc(OC)cc2/C1=C\c1sc(=S)n(CCCC(=O)O)c1O. The minimum atomic E-state index is -0.912. The summed E-state index contributed by atoms with van der Waals surface area (Å²) in [6.45, 7) is 2.19. The van der Waals surface area contributed by atoms with E-state index < -0.39 is 11.9 Å². The maximum Gasteiger partial charge on any atom is 0.357 e. The first-order valence-corrected chi connectivity index (χ1v) is 10.4. The average molecular weight is 449 g/mol. The normalized spacial score (nSPS) is 13.8. The number of carbonyl (C=O) groups excluding carboxylic acids is 1. The number of ether oxygens (including phenoxy) is 2. The van der Waals surface area contributed by atoms with Gasteiger partial charge in [-0.05, 0) is 49.8 Å². The van der Waals surface area contributed by atoms with E-state index in [-0.39, 0.29) is 31.2 Å². The number of nitrogens with zero attached hydrogens (tertiary/aromatic N) is 2. The highest BCUT2D eigenvalue weighted by molar-refractivity contribution is 7.73. The van der Waals surface area contributed by atoms with Gasteiger partial charge in [-0.1, -0.05) is 0 Å². The van der Waals surface area contributed by atoms with Crippen LogP contribution in [-0.4, -0.2) is 46.1 Å². The molecule has 8 nitrogen and oxygen atoms in total. The van der Waals surface area contributed by atoms with Gasteiger partial charge in [0.15, 0.2) is 9.67 Å². The molecule has 2 aromatic rings. The first kappa shape index (κ1) is 21.7. The highest BCUT2D eigenvalue weighted by Gasteiger charge is 2.28. The number of aromatic hydroxyl groups is 1. The lowest BCUT2D eigenvalue weighted by atomic mass is 10.0. The van der Waals surface area contributed by atoms with Crippen LogP contribution < -0.4 is 4.74 Å². The Bertz CT molecular complexity index is 1110. The number of carboxylic acid groups (broad SMARTS) is 1. The molecule has 3 rings (SSSR count). The highest BCUT2D eigenvalue weighted by Crippen LogP contribution is 2.40. The molecule has 1 aromatic heterocycles. The summed E-state index contributed by atoms with van der Waals surface area (Å²) in [5.74, 6) is -0.959. The van der Waals surface area contributed by atoms with Gasteiger partial charge in [-0.15, -0.1) is 11.3 Å². The lowest BCUT2D eigenvalue weighted by molar-refractivity contribution is -0.137. The van der Waals surface area contributed by atoms with E-state index in [4.69, 9.17) is 26.8 Å². The Morgan fingerprint density at radius 1 is 1.37 bits per heavy atom. The van der Waals surface area contributed by atoms with Crippen LogP contribution in [0, 0.1) is 3.95 Å². The van der Waals surface area contributed by atoms with Crippen LogP contribution in [0.3, 0.4) is 0 Å². The number of aliphatic carboxylic acids is 1. The second kappa shape index (κ2) is 9.23. The zero-order valence-electron chi connectivity index (χ0n) is 16.4. The third kappa shape index (κ3) is 4.44. The number of carbonyl (C=O) groups is 2. The molecule has 1 aliphatic heterocycles. The number of esters is 1. The Morgan fingerprint density at radius 2 is 2.13 bits per heavy atom. The Balaban J connectivity index is 2.04. The largest absolute Gasteiger partial charge is 0.497 e. The molecule has 0 fully saturated rings. The van der Waals surface area contributed by atoms with Crippen LogP contribution in [0.1, 0.15) is 30.2 Å². The standard InChI is InChI=1S/C20H20N2O6S2/c1-3-28-19(26)17-13(12-9-11(27-2)6-7-14(12)21-17)10-15-18(25)22(20(29)30-15)8-4-5-16(23)24/h6-7,9-10,25H,3-5,8H2,1-2H3,(H,23,24)/b13-10+. The van der Waals surface area contributed by atoms with Gasteiger partial charge in [-0.25, -0.2) is 9.79 Å². The molecule has 0 unspecified atom stereocenters. The predicted molar refractivity (Wildman–Crippen MR) is 116 cm³/mol. The minimum Gasteiger partial charge on any atom is -0.497 e. The van der Waals surface area contributed by atoms with E-state index in [1.54, 1.807) is 38.3 Å². The topological polar surface area (TPSA) is 110 Å². The molecule has 2 N–H and O–H groups in total. The van der Waals surface area contributed by atoms with E-state index in [2.05, 4.69) is 4.99 Å². The summed E-state index contributed by atoms with van der Waals surface area (Å²) in [6.07, 6.45) is 1.95. The van der Waals surface area contributed by atoms with Gasteiger partial charge in [0.05, 0.1) is 24.3 Å². The lowest BCUT2D eigenvalue weighted by Gasteiger charge is -2.07. The van der Waals surface area contributed by atoms with Gasteiger partial charge in [-0.2, -0.15) is 0 Å². The first-order chi connectivity index (χ1) is 14.3. The summed E-state index contributed by atoms with van der Waals surface area (Å²) in [5, 5.41) is 19.5. The van der Waals surface area contributed by atoms with E-state index in [0.29, 0.717) is 37.8 Å². The number of fused-ring (bicyclic) bond motifs is 1. The second-order valence-corrected chi connectivity index (χ2v) is 8.00. The summed E-state index contributed by atoms with van der Waals surface area (Å²) < 4.78 is 12.3. The summed E-state index contributed by atoms with van der Waals surface area (Å²) in [7, 11) is 1.54. The number of aromatic nitrogens is 1. The Hall–Kier alpha value is -2.98. The number of methoxy groups -OCH3 is 1. The molecule has 1 aliphatic rings. The third-order valence-corrected chi connectivity index (χ3v) is 5.78. The summed E-state index contributed by atoms with van der Waals surface area (Å²) in [4.78, 5) is 28.0. The third-order valence-electron chi connectivity index (χ3n) is 4.39. The molecule has 158 valence electrons. The van der Waals surface area contributed by atoms with Crippen molar-refractivity contribution in [3.63, 3.8) is 0 Å². The average Bonchev–Trinajstić information content (AvgIpc) is 3.20. The smallest absolute Gasteiger partial charge is 0.357 e. The van der Waals surface area contributed by atoms with E-state index >= 15 is 0 Å². The minimum absolute atomic E-state index is 0.0275. The molecule has 0 atom stereocenters. The maximum atomic E-state index is 12.5. The van der Waals surface area contributed by atoms with Gasteiger partial charge < -0.3 is 19.7 Å². The van der Waals surface area contributed by atoms with Crippen molar-refractivity contribution in [2.75, 3.05) is 13.7 Å². The molecule has 0 saturated carbocycles. The van der Waals surface area contributed by atoms with Crippen LogP contribution in [-0.2, 0) is 20.9 Å². The van der Waals surface area contributed by atoms with Gasteiger partial charge in [-0.3, -0.25) is 9.36 Å². The number of hydrogen-bond donors (Lipinski definition) is 2. The van der Waals surface area contributed by atoms with Gasteiger partial charge in [0, 0.05) is 24.1 Å². The van der Waals surface area contributed by atoms with Gasteiger partial charge in [0.1, 0.15) is 5.75 Å². The maximum absolute atomic E-state index is 12.5. The van der Waals surface area contributed by atoms with Crippen molar-refractivity contribution in [1.82, 2.24) is 4.57 Å². The number of hydrogen-bond acceptors (Lipinski definition) is 8. The monoisotopic (exact) mass is 448 g/mol. The molecule has 0 radical (unpaired) electrons. The fourth-order valence-corrected chi connectivity index (χ4v) is 4.29. The number of rotatable bonds is 8. The molecule has 30 heavy (non-hydrogen) atoms. The molecule has 0 bridgehead atoms. The van der Waals surface area contributed by atoms with Crippen LogP contribution in [0.4, 0.5) is 5.69 Å². The van der Waals surface area contributed by atoms with Crippen LogP contribution in [0.15, 0.2) is 23.2 Å². The fourth-order valence-electron chi connectivity index (χ4n) is 2.99. The predicted octanol–water partition coefficient (Wildman–Crippen LogP) is 4.05. The molecular weight excluding hydrogens is 428 g/mol. The molecule has 2 heterocycles. The van der Waals surface area contributed by atoms with Crippen LogP contribution >= 0.6 is 23.6 Å². The van der Waals surface area contributed by atoms with Crippen LogP contribution in [0.25, 0.3) is 11.6 Å². The molecule has 10 heteroatoms. The highest BCUT2D eigenvalue weighted by atomic mass is 32.1. The molecule has 0 amide bonds. The number of benzene rings is 1. The Kier molecular flexibility index (Phi) is 6.68.